The number of anilines is 1. The normalized spacial score (nSPS) is 10.2. The summed E-state index contributed by atoms with van der Waals surface area (Å²) in [7, 11) is 0. The number of thiocarbonyl (C=S) groups is 1. The summed E-state index contributed by atoms with van der Waals surface area (Å²) in [5, 5.41) is 6.91. The van der Waals surface area contributed by atoms with E-state index in [0.29, 0.717) is 11.7 Å². The van der Waals surface area contributed by atoms with Crippen LogP contribution in [-0.4, -0.2) is 23.2 Å². The molecule has 2 rings (SSSR count). The molecule has 0 aliphatic heterocycles. The molecule has 1 aromatic carbocycles. The van der Waals surface area contributed by atoms with E-state index in [9.17, 15) is 0 Å². The molecule has 0 atom stereocenters. The minimum atomic E-state index is 0.598. The Kier molecular flexibility index (Phi) is 6.81. The van der Waals surface area contributed by atoms with E-state index in [-0.39, 0.29) is 0 Å². The van der Waals surface area contributed by atoms with Crippen molar-refractivity contribution in [2.24, 2.45) is 0 Å². The quantitative estimate of drug-likeness (QED) is 0.599. The second-order valence-electron chi connectivity index (χ2n) is 5.19. The second kappa shape index (κ2) is 9.10. The maximum atomic E-state index is 5.64. The molecule has 0 spiro atoms. The smallest absolute Gasteiger partial charge is 0.171 e. The molecule has 4 nitrogen and oxygen atoms in total. The Labute approximate surface area is 143 Å². The van der Waals surface area contributed by atoms with E-state index in [1.807, 2.05) is 50.2 Å². The Hall–Kier alpha value is -2.14. The van der Waals surface area contributed by atoms with E-state index in [2.05, 4.69) is 21.7 Å². The van der Waals surface area contributed by atoms with Gasteiger partial charge < -0.3 is 15.4 Å². The lowest BCUT2D eigenvalue weighted by Gasteiger charge is -2.12. The Bertz CT molecular complexity index is 646. The Morgan fingerprint density at radius 1 is 1.17 bits per heavy atom. The minimum absolute atomic E-state index is 0.598. The Morgan fingerprint density at radius 2 is 2.00 bits per heavy atom. The van der Waals surface area contributed by atoms with Gasteiger partial charge in [-0.3, -0.25) is 0 Å². The zero-order chi connectivity index (χ0) is 16.5. The fraction of sp³-hybridized carbons (Fsp3) is 0.333. The van der Waals surface area contributed by atoms with Crippen molar-refractivity contribution in [2.75, 3.05) is 18.5 Å². The maximum absolute atomic E-state index is 5.64. The number of hydrogen-bond acceptors (Lipinski definition) is 3. The molecular formula is C18H23N3OS. The van der Waals surface area contributed by atoms with Crippen LogP contribution in [0.5, 0.6) is 5.75 Å². The maximum Gasteiger partial charge on any atom is 0.171 e. The molecule has 2 aromatic rings. The second-order valence-corrected chi connectivity index (χ2v) is 5.60. The summed E-state index contributed by atoms with van der Waals surface area (Å²) < 4.78 is 5.64. The molecule has 0 bridgehead atoms. The lowest BCUT2D eigenvalue weighted by atomic mass is 10.1. The number of benzene rings is 1. The van der Waals surface area contributed by atoms with Gasteiger partial charge in [-0.2, -0.15) is 0 Å². The van der Waals surface area contributed by atoms with Gasteiger partial charge in [0.05, 0.1) is 6.61 Å². The highest BCUT2D eigenvalue weighted by atomic mass is 32.1. The zero-order valence-electron chi connectivity index (χ0n) is 13.6. The lowest BCUT2D eigenvalue weighted by molar-refractivity contribution is 0.336. The van der Waals surface area contributed by atoms with Crippen LogP contribution in [0.15, 0.2) is 42.5 Å². The van der Waals surface area contributed by atoms with E-state index in [0.717, 1.165) is 36.6 Å². The molecule has 0 unspecified atom stereocenters. The van der Waals surface area contributed by atoms with Gasteiger partial charge in [-0.25, -0.2) is 4.98 Å². The number of pyridine rings is 1. The average Bonchev–Trinajstić information content (AvgIpc) is 2.53. The topological polar surface area (TPSA) is 46.2 Å². The molecule has 0 radical (unpaired) electrons. The van der Waals surface area contributed by atoms with Crippen molar-refractivity contribution in [1.82, 2.24) is 10.3 Å². The molecule has 5 heteroatoms. The minimum Gasteiger partial charge on any atom is -0.494 e. The summed E-state index contributed by atoms with van der Waals surface area (Å²) in [6, 6.07) is 14.0. The number of para-hydroxylation sites is 1. The summed E-state index contributed by atoms with van der Waals surface area (Å²) in [6.07, 6.45) is 1.93. The monoisotopic (exact) mass is 329 g/mol. The SMILES string of the molecule is CCOc1ccccc1CCCNC(=S)Nc1cccc(C)n1. The van der Waals surface area contributed by atoms with Crippen LogP contribution in [0.1, 0.15) is 24.6 Å². The van der Waals surface area contributed by atoms with Crippen LogP contribution in [0.3, 0.4) is 0 Å². The third kappa shape index (κ3) is 5.87. The predicted octanol–water partition coefficient (Wildman–Crippen LogP) is 3.71. The first-order valence-corrected chi connectivity index (χ1v) is 8.29. The van der Waals surface area contributed by atoms with E-state index < -0.39 is 0 Å². The molecule has 122 valence electrons. The lowest BCUT2D eigenvalue weighted by Crippen LogP contribution is -2.29. The van der Waals surface area contributed by atoms with Gasteiger partial charge >= 0.3 is 0 Å². The molecule has 0 fully saturated rings. The average molecular weight is 329 g/mol. The predicted molar refractivity (Wildman–Crippen MR) is 99.1 cm³/mol. The van der Waals surface area contributed by atoms with Crippen LogP contribution in [0.4, 0.5) is 5.82 Å². The highest BCUT2D eigenvalue weighted by molar-refractivity contribution is 7.80. The largest absolute Gasteiger partial charge is 0.494 e. The van der Waals surface area contributed by atoms with Gasteiger partial charge in [0.1, 0.15) is 11.6 Å². The number of rotatable bonds is 7. The number of aromatic nitrogens is 1. The number of hydrogen-bond donors (Lipinski definition) is 2. The van der Waals surface area contributed by atoms with Gasteiger partial charge in [0.15, 0.2) is 5.11 Å². The number of nitrogens with one attached hydrogen (secondary N) is 2. The number of nitrogens with zero attached hydrogens (tertiary/aromatic N) is 1. The standard InChI is InChI=1S/C18H23N3OS/c1-3-22-16-11-5-4-9-15(16)10-7-13-19-18(23)21-17-12-6-8-14(2)20-17/h4-6,8-9,11-12H,3,7,10,13H2,1-2H3,(H2,19,20,21,23). The summed E-state index contributed by atoms with van der Waals surface area (Å²) in [5.41, 5.74) is 2.20. The van der Waals surface area contributed by atoms with E-state index >= 15 is 0 Å². The summed E-state index contributed by atoms with van der Waals surface area (Å²) >= 11 is 5.29. The van der Waals surface area contributed by atoms with Crippen molar-refractivity contribution in [3.63, 3.8) is 0 Å². The molecule has 2 N–H and O–H groups in total. The molecule has 0 aliphatic carbocycles. The molecule has 0 saturated heterocycles. The highest BCUT2D eigenvalue weighted by Crippen LogP contribution is 2.19. The summed E-state index contributed by atoms with van der Waals surface area (Å²) in [6.45, 7) is 5.45. The van der Waals surface area contributed by atoms with Crippen LogP contribution < -0.4 is 15.4 Å². The number of ether oxygens (including phenoxy) is 1. The van der Waals surface area contributed by atoms with Gasteiger partial charge in [-0.15, -0.1) is 0 Å². The molecule has 1 heterocycles. The van der Waals surface area contributed by atoms with E-state index in [4.69, 9.17) is 17.0 Å². The molecule has 1 aromatic heterocycles. The van der Waals surface area contributed by atoms with Crippen molar-refractivity contribution in [1.29, 1.82) is 0 Å². The van der Waals surface area contributed by atoms with Gasteiger partial charge in [0.2, 0.25) is 0 Å². The number of aryl methyl sites for hydroxylation is 2. The first-order chi connectivity index (χ1) is 11.2. The third-order valence-corrected chi connectivity index (χ3v) is 3.56. The van der Waals surface area contributed by atoms with Crippen LogP contribution in [0.25, 0.3) is 0 Å². The molecular weight excluding hydrogens is 306 g/mol. The molecule has 0 aliphatic rings. The summed E-state index contributed by atoms with van der Waals surface area (Å²) in [4.78, 5) is 4.37. The van der Waals surface area contributed by atoms with Crippen LogP contribution in [0.2, 0.25) is 0 Å². The highest BCUT2D eigenvalue weighted by Gasteiger charge is 2.03. The molecule has 23 heavy (non-hydrogen) atoms. The van der Waals surface area contributed by atoms with Crippen molar-refractivity contribution in [3.05, 3.63) is 53.7 Å². The van der Waals surface area contributed by atoms with Gasteiger partial charge in [0, 0.05) is 12.2 Å². The third-order valence-electron chi connectivity index (χ3n) is 3.31. The fourth-order valence-electron chi connectivity index (χ4n) is 2.26. The Morgan fingerprint density at radius 3 is 2.78 bits per heavy atom. The Balaban J connectivity index is 1.74. The van der Waals surface area contributed by atoms with Crippen LogP contribution in [-0.2, 0) is 6.42 Å². The summed E-state index contributed by atoms with van der Waals surface area (Å²) in [5.74, 6) is 1.74. The van der Waals surface area contributed by atoms with E-state index in [1.54, 1.807) is 0 Å². The van der Waals surface area contributed by atoms with Crippen molar-refractivity contribution < 1.29 is 4.74 Å². The first-order valence-electron chi connectivity index (χ1n) is 7.88. The van der Waals surface area contributed by atoms with Gasteiger partial charge in [0.25, 0.3) is 0 Å². The van der Waals surface area contributed by atoms with Crippen molar-refractivity contribution in [3.8, 4) is 5.75 Å². The molecule has 0 amide bonds. The van der Waals surface area contributed by atoms with Crippen molar-refractivity contribution >= 4 is 23.1 Å². The van der Waals surface area contributed by atoms with Crippen LogP contribution >= 0.6 is 12.2 Å². The van der Waals surface area contributed by atoms with Gasteiger partial charge in [-0.05, 0) is 62.7 Å². The van der Waals surface area contributed by atoms with E-state index in [1.165, 1.54) is 5.56 Å². The van der Waals surface area contributed by atoms with Gasteiger partial charge in [-0.1, -0.05) is 24.3 Å². The fourth-order valence-corrected chi connectivity index (χ4v) is 2.47. The van der Waals surface area contributed by atoms with Crippen LogP contribution in [0, 0.1) is 6.92 Å². The molecule has 0 saturated carbocycles. The zero-order valence-corrected chi connectivity index (χ0v) is 14.5. The van der Waals surface area contributed by atoms with Crippen molar-refractivity contribution in [2.45, 2.75) is 26.7 Å². The first kappa shape index (κ1) is 17.2.